The number of carbonyl (C=O) groups excluding carboxylic acids is 1. The van der Waals surface area contributed by atoms with Crippen LogP contribution in [0.5, 0.6) is 0 Å². The molecule has 0 aromatic heterocycles. The van der Waals surface area contributed by atoms with Gasteiger partial charge in [-0.1, -0.05) is 26.0 Å². The fourth-order valence-corrected chi connectivity index (χ4v) is 2.03. The summed E-state index contributed by atoms with van der Waals surface area (Å²) in [5.74, 6) is -0.280. The first kappa shape index (κ1) is 18.5. The van der Waals surface area contributed by atoms with Gasteiger partial charge < -0.3 is 10.6 Å². The predicted molar refractivity (Wildman–Crippen MR) is 79.9 cm³/mol. The van der Waals surface area contributed by atoms with Gasteiger partial charge in [-0.3, -0.25) is 4.79 Å². The van der Waals surface area contributed by atoms with Gasteiger partial charge in [0.25, 0.3) is 0 Å². The summed E-state index contributed by atoms with van der Waals surface area (Å²) in [7, 11) is 0. The van der Waals surface area contributed by atoms with Crippen molar-refractivity contribution in [1.82, 2.24) is 4.90 Å². The number of hydrogen-bond donors (Lipinski definition) is 1. The van der Waals surface area contributed by atoms with Crippen LogP contribution >= 0.6 is 0 Å². The van der Waals surface area contributed by atoms with E-state index < -0.39 is 17.8 Å². The van der Waals surface area contributed by atoms with Crippen molar-refractivity contribution in [2.75, 3.05) is 0 Å². The van der Waals surface area contributed by atoms with E-state index in [-0.39, 0.29) is 24.4 Å². The second-order valence-corrected chi connectivity index (χ2v) is 6.03. The van der Waals surface area contributed by atoms with Crippen LogP contribution in [0.25, 0.3) is 0 Å². The monoisotopic (exact) mass is 316 g/mol. The third-order valence-electron chi connectivity index (χ3n) is 3.52. The Morgan fingerprint density at radius 2 is 1.82 bits per heavy atom. The molecule has 1 aromatic carbocycles. The van der Waals surface area contributed by atoms with Gasteiger partial charge in [0.05, 0.1) is 11.6 Å². The van der Waals surface area contributed by atoms with Crippen LogP contribution in [0.3, 0.4) is 0 Å². The number of halogens is 3. The summed E-state index contributed by atoms with van der Waals surface area (Å²) in [4.78, 5) is 13.9. The smallest absolute Gasteiger partial charge is 0.335 e. The Bertz CT molecular complexity index is 512. The molecule has 2 N–H and O–H groups in total. The van der Waals surface area contributed by atoms with Crippen LogP contribution in [0.2, 0.25) is 0 Å². The van der Waals surface area contributed by atoms with Gasteiger partial charge in [0.2, 0.25) is 5.91 Å². The molecule has 0 fully saturated rings. The summed E-state index contributed by atoms with van der Waals surface area (Å²) < 4.78 is 38.3. The molecule has 6 heteroatoms. The average Bonchev–Trinajstić information content (AvgIpc) is 2.42. The first-order valence-corrected chi connectivity index (χ1v) is 7.26. The largest absolute Gasteiger partial charge is 0.416 e. The molecule has 0 saturated heterocycles. The van der Waals surface area contributed by atoms with Crippen molar-refractivity contribution in [2.24, 2.45) is 11.7 Å². The zero-order chi connectivity index (χ0) is 17.1. The van der Waals surface area contributed by atoms with Crippen molar-refractivity contribution in [3.05, 3.63) is 35.4 Å². The maximum Gasteiger partial charge on any atom is 0.416 e. The predicted octanol–water partition coefficient (Wildman–Crippen LogP) is 3.43. The number of benzene rings is 1. The Hall–Kier alpha value is -1.56. The van der Waals surface area contributed by atoms with E-state index in [1.54, 1.807) is 6.07 Å². The highest BCUT2D eigenvalue weighted by molar-refractivity contribution is 5.82. The van der Waals surface area contributed by atoms with Gasteiger partial charge in [0.15, 0.2) is 0 Å². The molecule has 1 rings (SSSR count). The summed E-state index contributed by atoms with van der Waals surface area (Å²) in [5, 5.41) is 0. The molecule has 0 saturated carbocycles. The molecule has 3 nitrogen and oxygen atoms in total. The van der Waals surface area contributed by atoms with E-state index in [1.165, 1.54) is 11.0 Å². The second kappa shape index (κ2) is 7.13. The molecule has 124 valence electrons. The summed E-state index contributed by atoms with van der Waals surface area (Å²) in [6, 6.07) is 4.22. The quantitative estimate of drug-likeness (QED) is 0.904. The SMILES string of the molecule is CC(C)C(N)C(=O)N(Cc1cccc(C(F)(F)F)c1)C(C)C. The molecular weight excluding hydrogens is 293 g/mol. The van der Waals surface area contributed by atoms with Crippen LogP contribution in [0.4, 0.5) is 13.2 Å². The van der Waals surface area contributed by atoms with Crippen LogP contribution < -0.4 is 5.73 Å². The molecular formula is C16H23F3N2O. The highest BCUT2D eigenvalue weighted by Crippen LogP contribution is 2.30. The Morgan fingerprint density at radius 1 is 1.23 bits per heavy atom. The van der Waals surface area contributed by atoms with Gasteiger partial charge in [0, 0.05) is 12.6 Å². The number of hydrogen-bond acceptors (Lipinski definition) is 2. The lowest BCUT2D eigenvalue weighted by Gasteiger charge is -2.31. The first-order chi connectivity index (χ1) is 10.0. The van der Waals surface area contributed by atoms with Gasteiger partial charge in [-0.25, -0.2) is 0 Å². The molecule has 0 aliphatic rings. The summed E-state index contributed by atoms with van der Waals surface area (Å²) in [6.07, 6.45) is -4.39. The molecule has 22 heavy (non-hydrogen) atoms. The molecule has 0 radical (unpaired) electrons. The molecule has 0 spiro atoms. The highest BCUT2D eigenvalue weighted by atomic mass is 19.4. The van der Waals surface area contributed by atoms with E-state index in [2.05, 4.69) is 0 Å². The van der Waals surface area contributed by atoms with E-state index in [0.717, 1.165) is 12.1 Å². The zero-order valence-electron chi connectivity index (χ0n) is 13.3. The Kier molecular flexibility index (Phi) is 6.00. The van der Waals surface area contributed by atoms with Gasteiger partial charge in [-0.2, -0.15) is 13.2 Å². The van der Waals surface area contributed by atoms with Crippen LogP contribution in [0.1, 0.15) is 38.8 Å². The van der Waals surface area contributed by atoms with E-state index >= 15 is 0 Å². The minimum atomic E-state index is -4.39. The second-order valence-electron chi connectivity index (χ2n) is 6.03. The number of alkyl halides is 3. The third kappa shape index (κ3) is 4.73. The maximum absolute atomic E-state index is 12.8. The third-order valence-corrected chi connectivity index (χ3v) is 3.52. The normalized spacial score (nSPS) is 13.5. The molecule has 0 bridgehead atoms. The topological polar surface area (TPSA) is 46.3 Å². The average molecular weight is 316 g/mol. The summed E-state index contributed by atoms with van der Waals surface area (Å²) in [6.45, 7) is 7.43. The lowest BCUT2D eigenvalue weighted by molar-refractivity contribution is -0.137. The summed E-state index contributed by atoms with van der Waals surface area (Å²) >= 11 is 0. The van der Waals surface area contributed by atoms with Crippen LogP contribution in [0.15, 0.2) is 24.3 Å². The van der Waals surface area contributed by atoms with E-state index in [9.17, 15) is 18.0 Å². The van der Waals surface area contributed by atoms with Crippen LogP contribution in [-0.4, -0.2) is 22.9 Å². The molecule has 0 heterocycles. The van der Waals surface area contributed by atoms with Gasteiger partial charge >= 0.3 is 6.18 Å². The zero-order valence-corrected chi connectivity index (χ0v) is 13.3. The maximum atomic E-state index is 12.8. The van der Waals surface area contributed by atoms with Gasteiger partial charge in [-0.05, 0) is 37.5 Å². The Morgan fingerprint density at radius 3 is 2.27 bits per heavy atom. The number of carbonyl (C=O) groups is 1. The van der Waals surface area contributed by atoms with Crippen molar-refractivity contribution < 1.29 is 18.0 Å². The van der Waals surface area contributed by atoms with Crippen molar-refractivity contribution in [3.63, 3.8) is 0 Å². The fourth-order valence-electron chi connectivity index (χ4n) is 2.03. The highest BCUT2D eigenvalue weighted by Gasteiger charge is 2.31. The lowest BCUT2D eigenvalue weighted by Crippen LogP contribution is -2.48. The number of rotatable bonds is 5. The summed E-state index contributed by atoms with van der Waals surface area (Å²) in [5.41, 5.74) is 5.60. The van der Waals surface area contributed by atoms with Gasteiger partial charge in [0.1, 0.15) is 0 Å². The van der Waals surface area contributed by atoms with Crippen LogP contribution in [-0.2, 0) is 17.5 Å². The van der Waals surface area contributed by atoms with Gasteiger partial charge in [-0.15, -0.1) is 0 Å². The van der Waals surface area contributed by atoms with Crippen molar-refractivity contribution in [2.45, 2.75) is 52.5 Å². The standard InChI is InChI=1S/C16H23F3N2O/c1-10(2)14(20)15(22)21(11(3)4)9-12-6-5-7-13(8-12)16(17,18)19/h5-8,10-11,14H,9,20H2,1-4H3. The van der Waals surface area contributed by atoms with E-state index in [1.807, 2.05) is 27.7 Å². The molecule has 1 amide bonds. The van der Waals surface area contributed by atoms with Crippen LogP contribution in [0, 0.1) is 5.92 Å². The molecule has 0 aliphatic heterocycles. The van der Waals surface area contributed by atoms with E-state index in [0.29, 0.717) is 5.56 Å². The first-order valence-electron chi connectivity index (χ1n) is 7.26. The fraction of sp³-hybridized carbons (Fsp3) is 0.562. The van der Waals surface area contributed by atoms with Crippen molar-refractivity contribution in [3.8, 4) is 0 Å². The minimum Gasteiger partial charge on any atom is -0.335 e. The number of amides is 1. The Labute approximate surface area is 129 Å². The van der Waals surface area contributed by atoms with E-state index in [4.69, 9.17) is 5.73 Å². The van der Waals surface area contributed by atoms with Crippen molar-refractivity contribution >= 4 is 5.91 Å². The molecule has 1 unspecified atom stereocenters. The molecule has 1 atom stereocenters. The molecule has 0 aliphatic carbocycles. The van der Waals surface area contributed by atoms with Crippen molar-refractivity contribution in [1.29, 1.82) is 0 Å². The number of nitrogens with two attached hydrogens (primary N) is 1. The number of nitrogens with zero attached hydrogens (tertiary/aromatic N) is 1. The minimum absolute atomic E-state index is 0.0322. The lowest BCUT2D eigenvalue weighted by atomic mass is 10.0. The Balaban J connectivity index is 3.00. The molecule has 1 aromatic rings.